The molecule has 1 aromatic carbocycles. The lowest BCUT2D eigenvalue weighted by Gasteiger charge is -2.51. The molecule has 1 N–H and O–H groups in total. The van der Waals surface area contributed by atoms with Crippen LogP contribution in [0.5, 0.6) is 0 Å². The van der Waals surface area contributed by atoms with Crippen LogP contribution in [0.3, 0.4) is 0 Å². The van der Waals surface area contributed by atoms with E-state index in [9.17, 15) is 5.26 Å². The zero-order valence-corrected chi connectivity index (χ0v) is 23.2. The van der Waals surface area contributed by atoms with Gasteiger partial charge in [0.15, 0.2) is 0 Å². The maximum atomic E-state index is 9.60. The summed E-state index contributed by atoms with van der Waals surface area (Å²) in [6.45, 7) is 12.1. The molecule has 0 spiro atoms. The van der Waals surface area contributed by atoms with Gasteiger partial charge < -0.3 is 24.8 Å². The highest BCUT2D eigenvalue weighted by molar-refractivity contribution is 5.95. The van der Waals surface area contributed by atoms with Crippen LogP contribution in [0.2, 0.25) is 0 Å². The van der Waals surface area contributed by atoms with E-state index in [4.69, 9.17) is 11.1 Å². The van der Waals surface area contributed by atoms with Crippen molar-refractivity contribution >= 4 is 22.4 Å². The predicted molar refractivity (Wildman–Crippen MR) is 157 cm³/mol. The van der Waals surface area contributed by atoms with Crippen molar-refractivity contribution in [2.24, 2.45) is 0 Å². The second-order valence-corrected chi connectivity index (χ2v) is 11.7. The summed E-state index contributed by atoms with van der Waals surface area (Å²) in [5.74, 6) is 1.04. The molecule has 6 heterocycles. The Morgan fingerprint density at radius 3 is 2.88 bits per heavy atom. The number of morpholine rings is 1. The summed E-state index contributed by atoms with van der Waals surface area (Å²) < 4.78 is 13.9. The molecule has 3 aromatic rings. The van der Waals surface area contributed by atoms with Gasteiger partial charge in [-0.15, -0.1) is 0 Å². The number of piperazine rings is 2. The molecule has 7 rings (SSSR count). The van der Waals surface area contributed by atoms with Gasteiger partial charge in [0.25, 0.3) is 0 Å². The zero-order valence-electron chi connectivity index (χ0n) is 24.2. The van der Waals surface area contributed by atoms with E-state index in [1.165, 1.54) is 5.56 Å². The van der Waals surface area contributed by atoms with Crippen LogP contribution in [0.15, 0.2) is 48.8 Å². The molecular formula is C31H38N8O. The van der Waals surface area contributed by atoms with Gasteiger partial charge in [0.2, 0.25) is 0 Å². The standard InChI is InChI=1S/C31H38N8O/c1-22-17-37(28-6-5-24(15-32)31-26(28)3-2-9-34-31)19-25-18-36(12-13-39(22)25)11-8-23-4-7-30(35-16-23)38-20-27-29(21-38)40-14-10-33-27/h2-7,9,16,22,25,27,29,33H,8,10-14,17-21H2,1H3/t22-,25+,27-,29-/m1/s1/i9D. The molecule has 9 nitrogen and oxygen atoms in total. The van der Waals surface area contributed by atoms with Crippen molar-refractivity contribution in [3.05, 3.63) is 59.9 Å². The summed E-state index contributed by atoms with van der Waals surface area (Å²) in [7, 11) is 0. The third-order valence-corrected chi connectivity index (χ3v) is 9.21. The average molecular weight is 540 g/mol. The van der Waals surface area contributed by atoms with Crippen molar-refractivity contribution < 1.29 is 6.11 Å². The summed E-state index contributed by atoms with van der Waals surface area (Å²) in [6.07, 6.45) is 3.51. The fraction of sp³-hybridized carbons (Fsp3) is 0.516. The topological polar surface area (TPSA) is 83.8 Å². The summed E-state index contributed by atoms with van der Waals surface area (Å²) in [6, 6.07) is 15.5. The van der Waals surface area contributed by atoms with Crippen LogP contribution in [-0.2, 0) is 11.2 Å². The highest BCUT2D eigenvalue weighted by Crippen LogP contribution is 2.32. The fourth-order valence-corrected chi connectivity index (χ4v) is 7.12. The Labute approximate surface area is 237 Å². The van der Waals surface area contributed by atoms with Crippen LogP contribution in [0.4, 0.5) is 11.5 Å². The Balaban J connectivity index is 0.989. The van der Waals surface area contributed by atoms with Crippen LogP contribution >= 0.6 is 0 Å². The van der Waals surface area contributed by atoms with Gasteiger partial charge in [0.1, 0.15) is 11.9 Å². The van der Waals surface area contributed by atoms with Gasteiger partial charge in [-0.1, -0.05) is 6.07 Å². The highest BCUT2D eigenvalue weighted by Gasteiger charge is 2.37. The van der Waals surface area contributed by atoms with E-state index in [1.54, 1.807) is 6.07 Å². The van der Waals surface area contributed by atoms with E-state index in [1.807, 2.05) is 12.1 Å². The summed E-state index contributed by atoms with van der Waals surface area (Å²) in [5, 5.41) is 14.1. The number of nitrogens with one attached hydrogen (secondary N) is 1. The van der Waals surface area contributed by atoms with E-state index < -0.39 is 0 Å². The average Bonchev–Trinajstić information content (AvgIpc) is 3.44. The van der Waals surface area contributed by atoms with Crippen LogP contribution < -0.4 is 15.1 Å². The maximum Gasteiger partial charge on any atom is 0.128 e. The van der Waals surface area contributed by atoms with Crippen LogP contribution in [-0.4, -0.2) is 110 Å². The van der Waals surface area contributed by atoms with Gasteiger partial charge >= 0.3 is 0 Å². The lowest BCUT2D eigenvalue weighted by molar-refractivity contribution is 0.0212. The predicted octanol–water partition coefficient (Wildman–Crippen LogP) is 2.12. The molecule has 4 aliphatic heterocycles. The van der Waals surface area contributed by atoms with Gasteiger partial charge in [0.05, 0.1) is 31.2 Å². The second kappa shape index (κ2) is 10.9. The van der Waals surface area contributed by atoms with Crippen molar-refractivity contribution in [3.63, 3.8) is 0 Å². The first-order chi connectivity index (χ1) is 20.1. The molecule has 0 unspecified atom stereocenters. The van der Waals surface area contributed by atoms with Crippen LogP contribution in [0.25, 0.3) is 10.9 Å². The third kappa shape index (κ3) is 4.90. The Hall–Kier alpha value is -3.29. The molecule has 4 atom stereocenters. The molecule has 0 aliphatic carbocycles. The Bertz CT molecular complexity index is 1430. The van der Waals surface area contributed by atoms with E-state index in [0.29, 0.717) is 29.2 Å². The van der Waals surface area contributed by atoms with Crippen molar-refractivity contribution in [1.82, 2.24) is 25.1 Å². The summed E-state index contributed by atoms with van der Waals surface area (Å²) in [4.78, 5) is 19.3. The normalized spacial score (nSPS) is 27.8. The van der Waals surface area contributed by atoms with Crippen LogP contribution in [0.1, 0.15) is 19.4 Å². The minimum atomic E-state index is 0.192. The number of benzene rings is 1. The number of nitriles is 1. The minimum Gasteiger partial charge on any atom is -0.373 e. The molecule has 0 amide bonds. The molecule has 0 saturated carbocycles. The Morgan fingerprint density at radius 2 is 2.02 bits per heavy atom. The second-order valence-electron chi connectivity index (χ2n) is 11.7. The largest absolute Gasteiger partial charge is 0.373 e. The third-order valence-electron chi connectivity index (χ3n) is 9.21. The monoisotopic (exact) mass is 539 g/mol. The lowest BCUT2D eigenvalue weighted by atomic mass is 10.0. The number of anilines is 2. The van der Waals surface area contributed by atoms with Crippen LogP contribution in [0, 0.1) is 11.3 Å². The molecule has 4 aliphatic rings. The number of aromatic nitrogens is 2. The summed E-state index contributed by atoms with van der Waals surface area (Å²) in [5.41, 5.74) is 3.55. The number of nitrogens with zero attached hydrogens (tertiary/aromatic N) is 7. The van der Waals surface area contributed by atoms with Gasteiger partial charge in [0, 0.05) is 94.4 Å². The lowest BCUT2D eigenvalue weighted by Crippen LogP contribution is -2.65. The van der Waals surface area contributed by atoms with E-state index in [2.05, 4.69) is 67.3 Å². The SMILES string of the molecule is [2H]c1ccc2c(N3C[C@@H]4CN(CCc5ccc(N6C[C@H]7NCCO[C@@H]7C6)nc5)CCN4[C@H](C)C3)ccc(C#N)c2n1. The number of rotatable bonds is 5. The van der Waals surface area contributed by atoms with E-state index in [-0.39, 0.29) is 12.3 Å². The quantitative estimate of drug-likeness (QED) is 0.524. The summed E-state index contributed by atoms with van der Waals surface area (Å²) >= 11 is 0. The van der Waals surface area contributed by atoms with Gasteiger partial charge in [-0.3, -0.25) is 9.88 Å². The molecule has 4 fully saturated rings. The van der Waals surface area contributed by atoms with E-state index in [0.717, 1.165) is 88.8 Å². The number of hydrogen-bond acceptors (Lipinski definition) is 9. The number of ether oxygens (including phenoxy) is 1. The zero-order chi connectivity index (χ0) is 27.9. The first-order valence-electron chi connectivity index (χ1n) is 15.1. The smallest absolute Gasteiger partial charge is 0.128 e. The first kappa shape index (κ1) is 24.5. The van der Waals surface area contributed by atoms with Gasteiger partial charge in [-0.25, -0.2) is 4.98 Å². The van der Waals surface area contributed by atoms with Gasteiger partial charge in [-0.05, 0) is 49.2 Å². The molecule has 208 valence electrons. The molecule has 4 saturated heterocycles. The number of hydrogen-bond donors (Lipinski definition) is 1. The molecule has 9 heteroatoms. The number of pyridine rings is 2. The Morgan fingerprint density at radius 1 is 1.07 bits per heavy atom. The van der Waals surface area contributed by atoms with E-state index >= 15 is 0 Å². The molecular weight excluding hydrogens is 500 g/mol. The molecule has 40 heavy (non-hydrogen) atoms. The van der Waals surface area contributed by atoms with Crippen molar-refractivity contribution in [1.29, 1.82) is 5.26 Å². The molecule has 0 bridgehead atoms. The fourth-order valence-electron chi connectivity index (χ4n) is 7.12. The minimum absolute atomic E-state index is 0.192. The van der Waals surface area contributed by atoms with Crippen molar-refractivity contribution in [2.45, 2.75) is 37.6 Å². The maximum absolute atomic E-state index is 9.60. The molecule has 2 aromatic heterocycles. The van der Waals surface area contributed by atoms with Crippen molar-refractivity contribution in [2.75, 3.05) is 75.3 Å². The highest BCUT2D eigenvalue weighted by atomic mass is 16.5. The number of fused-ring (bicyclic) bond motifs is 3. The first-order valence-corrected chi connectivity index (χ1v) is 14.6. The molecule has 0 radical (unpaired) electrons. The van der Waals surface area contributed by atoms with Crippen molar-refractivity contribution in [3.8, 4) is 6.07 Å². The Kier molecular flexibility index (Phi) is 6.70. The van der Waals surface area contributed by atoms with Gasteiger partial charge in [-0.2, -0.15) is 5.26 Å².